The van der Waals surface area contributed by atoms with Crippen LogP contribution in [0.3, 0.4) is 0 Å². The first-order chi connectivity index (χ1) is 15.2. The molecule has 0 saturated carbocycles. The van der Waals surface area contributed by atoms with Crippen LogP contribution in [0.5, 0.6) is 11.5 Å². The number of ether oxygens (including phenoxy) is 2. The van der Waals surface area contributed by atoms with E-state index < -0.39 is 0 Å². The van der Waals surface area contributed by atoms with E-state index in [2.05, 4.69) is 22.1 Å². The highest BCUT2D eigenvalue weighted by atomic mass is 35.5. The van der Waals surface area contributed by atoms with Crippen molar-refractivity contribution >= 4 is 40.1 Å². The molecule has 3 heterocycles. The summed E-state index contributed by atoms with van der Waals surface area (Å²) in [5, 5.41) is 9.73. The molecule has 3 aromatic rings. The molecule has 156 valence electrons. The van der Waals surface area contributed by atoms with Gasteiger partial charge in [0.25, 0.3) is 0 Å². The lowest BCUT2D eigenvalue weighted by atomic mass is 9.80. The van der Waals surface area contributed by atoms with Crippen molar-refractivity contribution in [3.8, 4) is 11.5 Å². The zero-order chi connectivity index (χ0) is 20.9. The van der Waals surface area contributed by atoms with Gasteiger partial charge in [-0.05, 0) is 36.1 Å². The van der Waals surface area contributed by atoms with E-state index in [-0.39, 0.29) is 24.5 Å². The molecular weight excluding hydrogens is 432 g/mol. The zero-order valence-electron chi connectivity index (χ0n) is 16.5. The lowest BCUT2D eigenvalue weighted by molar-refractivity contribution is -0.116. The predicted molar refractivity (Wildman–Crippen MR) is 122 cm³/mol. The summed E-state index contributed by atoms with van der Waals surface area (Å²) in [5.41, 5.74) is 4.38. The first-order valence-corrected chi connectivity index (χ1v) is 11.4. The minimum atomic E-state index is -0.384. The van der Waals surface area contributed by atoms with Crippen LogP contribution < -0.4 is 20.1 Å². The molecule has 31 heavy (non-hydrogen) atoms. The fraction of sp³-hybridized carbons (Fsp3) is 0.208. The third-order valence-corrected chi connectivity index (χ3v) is 7.42. The number of hydrogen-bond donors (Lipinski definition) is 2. The molecule has 3 aliphatic rings. The first kappa shape index (κ1) is 18.8. The standard InChI is InChI=1S/C24H19ClN2O3S/c25-15-11-21-20(29-12-30-21)10-14(15)24-23-18(26-16-4-1-2-5-17(16)27-24)8-13(9-19(23)28)22-6-3-7-31-22/h1-7,10-11,13,24,26-27H,8-9,12H2. The summed E-state index contributed by atoms with van der Waals surface area (Å²) in [6.07, 6.45) is 1.26. The number of rotatable bonds is 2. The second-order valence-electron chi connectivity index (χ2n) is 7.91. The summed E-state index contributed by atoms with van der Waals surface area (Å²) in [5.74, 6) is 1.58. The highest BCUT2D eigenvalue weighted by molar-refractivity contribution is 7.10. The lowest BCUT2D eigenvalue weighted by Crippen LogP contribution is -2.26. The maximum absolute atomic E-state index is 13.5. The Balaban J connectivity index is 1.50. The third-order valence-electron chi connectivity index (χ3n) is 6.06. The number of hydrogen-bond acceptors (Lipinski definition) is 6. The molecule has 0 saturated heterocycles. The average molecular weight is 451 g/mol. The van der Waals surface area contributed by atoms with Crippen molar-refractivity contribution in [3.63, 3.8) is 0 Å². The summed E-state index contributed by atoms with van der Waals surface area (Å²) < 4.78 is 11.1. The Morgan fingerprint density at radius 3 is 2.61 bits per heavy atom. The fourth-order valence-corrected chi connectivity index (χ4v) is 5.70. The zero-order valence-corrected chi connectivity index (χ0v) is 18.1. The van der Waals surface area contributed by atoms with E-state index in [1.807, 2.05) is 36.4 Å². The quantitative estimate of drug-likeness (QED) is 0.493. The van der Waals surface area contributed by atoms with Gasteiger partial charge in [0.15, 0.2) is 17.3 Å². The Hall–Kier alpha value is -2.96. The van der Waals surface area contributed by atoms with E-state index in [0.717, 1.165) is 34.6 Å². The van der Waals surface area contributed by atoms with Crippen LogP contribution in [0, 0.1) is 0 Å². The van der Waals surface area contributed by atoms with Crippen molar-refractivity contribution in [2.45, 2.75) is 24.8 Å². The summed E-state index contributed by atoms with van der Waals surface area (Å²) in [6, 6.07) is 15.4. The number of Topliss-reactive ketones (excluding diaryl/α,β-unsaturated/α-hetero) is 1. The van der Waals surface area contributed by atoms with Crippen molar-refractivity contribution in [1.29, 1.82) is 0 Å². The highest BCUT2D eigenvalue weighted by Crippen LogP contribution is 2.48. The number of halogens is 1. The summed E-state index contributed by atoms with van der Waals surface area (Å²) in [4.78, 5) is 14.8. The van der Waals surface area contributed by atoms with Crippen LogP contribution in [0.15, 0.2) is 65.2 Å². The molecule has 0 radical (unpaired) electrons. The van der Waals surface area contributed by atoms with Crippen molar-refractivity contribution < 1.29 is 14.3 Å². The van der Waals surface area contributed by atoms with Crippen LogP contribution in [0.25, 0.3) is 0 Å². The Morgan fingerprint density at radius 2 is 1.81 bits per heavy atom. The van der Waals surface area contributed by atoms with Gasteiger partial charge >= 0.3 is 0 Å². The van der Waals surface area contributed by atoms with Crippen molar-refractivity contribution in [3.05, 3.63) is 80.6 Å². The summed E-state index contributed by atoms with van der Waals surface area (Å²) in [6.45, 7) is 0.174. The van der Waals surface area contributed by atoms with Crippen LogP contribution in [0.1, 0.15) is 35.2 Å². The molecular formula is C24H19ClN2O3S. The van der Waals surface area contributed by atoms with E-state index in [4.69, 9.17) is 21.1 Å². The number of para-hydroxylation sites is 2. The highest BCUT2D eigenvalue weighted by Gasteiger charge is 2.37. The van der Waals surface area contributed by atoms with Gasteiger partial charge in [-0.2, -0.15) is 0 Å². The molecule has 2 N–H and O–H groups in total. The van der Waals surface area contributed by atoms with Crippen LogP contribution in [0.2, 0.25) is 5.02 Å². The van der Waals surface area contributed by atoms with E-state index in [9.17, 15) is 4.79 Å². The van der Waals surface area contributed by atoms with Gasteiger partial charge in [-0.15, -0.1) is 11.3 Å². The summed E-state index contributed by atoms with van der Waals surface area (Å²) >= 11 is 8.39. The fourth-order valence-electron chi connectivity index (χ4n) is 4.60. The first-order valence-electron chi connectivity index (χ1n) is 10.2. The minimum absolute atomic E-state index is 0.131. The molecule has 0 bridgehead atoms. The number of carbonyl (C=O) groups excluding carboxylic acids is 1. The molecule has 1 aliphatic carbocycles. The lowest BCUT2D eigenvalue weighted by Gasteiger charge is -2.29. The maximum atomic E-state index is 13.5. The van der Waals surface area contributed by atoms with Crippen molar-refractivity contribution in [2.75, 3.05) is 17.4 Å². The summed E-state index contributed by atoms with van der Waals surface area (Å²) in [7, 11) is 0. The molecule has 2 atom stereocenters. The second-order valence-corrected chi connectivity index (χ2v) is 9.30. The molecule has 6 rings (SSSR count). The van der Waals surface area contributed by atoms with E-state index in [0.29, 0.717) is 22.9 Å². The van der Waals surface area contributed by atoms with E-state index in [1.165, 1.54) is 4.88 Å². The maximum Gasteiger partial charge on any atom is 0.231 e. The Labute approximate surface area is 188 Å². The number of carbonyl (C=O) groups is 1. The predicted octanol–water partition coefficient (Wildman–Crippen LogP) is 6.11. The SMILES string of the molecule is O=C1CC(c2cccs2)CC2=C1C(c1cc3c(cc1Cl)OCO3)Nc1ccccc1N2. The number of fused-ring (bicyclic) bond motifs is 2. The third kappa shape index (κ3) is 3.18. The number of benzene rings is 2. The number of allylic oxidation sites excluding steroid dienone is 1. The molecule has 1 aromatic heterocycles. The largest absolute Gasteiger partial charge is 0.454 e. The van der Waals surface area contributed by atoms with Gasteiger partial charge in [0.2, 0.25) is 6.79 Å². The Bertz CT molecular complexity index is 1220. The molecule has 2 aromatic carbocycles. The van der Waals surface area contributed by atoms with Crippen LogP contribution in [-0.4, -0.2) is 12.6 Å². The molecule has 2 aliphatic heterocycles. The van der Waals surface area contributed by atoms with Gasteiger partial charge in [0.05, 0.1) is 22.4 Å². The number of ketones is 1. The van der Waals surface area contributed by atoms with Crippen LogP contribution >= 0.6 is 22.9 Å². The monoisotopic (exact) mass is 450 g/mol. The minimum Gasteiger partial charge on any atom is -0.454 e. The number of nitrogens with one attached hydrogen (secondary N) is 2. The molecule has 5 nitrogen and oxygen atoms in total. The number of thiophene rings is 1. The van der Waals surface area contributed by atoms with Crippen LogP contribution in [-0.2, 0) is 4.79 Å². The van der Waals surface area contributed by atoms with Gasteiger partial charge in [-0.25, -0.2) is 0 Å². The Kier molecular flexibility index (Phi) is 4.44. The second kappa shape index (κ2) is 7.32. The van der Waals surface area contributed by atoms with Crippen LogP contribution in [0.4, 0.5) is 11.4 Å². The van der Waals surface area contributed by atoms with Gasteiger partial charge in [-0.1, -0.05) is 29.8 Å². The topological polar surface area (TPSA) is 59.6 Å². The average Bonchev–Trinajstić information content (AvgIpc) is 3.42. The normalized spacial score (nSPS) is 21.6. The molecule has 7 heteroatoms. The van der Waals surface area contributed by atoms with Gasteiger partial charge in [0, 0.05) is 40.1 Å². The van der Waals surface area contributed by atoms with E-state index in [1.54, 1.807) is 17.4 Å². The molecule has 0 amide bonds. The molecule has 0 spiro atoms. The van der Waals surface area contributed by atoms with E-state index >= 15 is 0 Å². The van der Waals surface area contributed by atoms with Gasteiger partial charge < -0.3 is 20.1 Å². The van der Waals surface area contributed by atoms with Gasteiger partial charge in [-0.3, -0.25) is 4.79 Å². The number of anilines is 2. The van der Waals surface area contributed by atoms with Gasteiger partial charge in [0.1, 0.15) is 0 Å². The molecule has 0 fully saturated rings. The smallest absolute Gasteiger partial charge is 0.231 e. The Morgan fingerprint density at radius 1 is 1.00 bits per heavy atom. The van der Waals surface area contributed by atoms with Crippen molar-refractivity contribution in [1.82, 2.24) is 0 Å². The van der Waals surface area contributed by atoms with Crippen molar-refractivity contribution in [2.24, 2.45) is 0 Å². The molecule has 2 unspecified atom stereocenters.